The minimum atomic E-state index is -0.0749. The summed E-state index contributed by atoms with van der Waals surface area (Å²) in [5.41, 5.74) is 6.96. The number of primary amides is 1. The predicted molar refractivity (Wildman–Crippen MR) is 75.2 cm³/mol. The normalized spacial score (nSPS) is 31.1. The third kappa shape index (κ3) is 2.66. The van der Waals surface area contributed by atoms with E-state index >= 15 is 0 Å². The Morgan fingerprint density at radius 2 is 1.89 bits per heavy atom. The van der Waals surface area contributed by atoms with E-state index in [1.54, 1.807) is 0 Å². The Labute approximate surface area is 114 Å². The molecular formula is C16H22N2O. The topological polar surface area (TPSA) is 46.3 Å². The summed E-state index contributed by atoms with van der Waals surface area (Å²) in [4.78, 5) is 14.1. The molecule has 102 valence electrons. The fourth-order valence-electron chi connectivity index (χ4n) is 3.92. The van der Waals surface area contributed by atoms with E-state index in [1.807, 2.05) is 0 Å². The molecule has 1 aliphatic carbocycles. The zero-order valence-electron chi connectivity index (χ0n) is 11.3. The molecule has 3 unspecified atom stereocenters. The summed E-state index contributed by atoms with van der Waals surface area (Å²) in [5, 5.41) is 0. The molecule has 2 bridgehead atoms. The van der Waals surface area contributed by atoms with Gasteiger partial charge in [-0.15, -0.1) is 0 Å². The van der Waals surface area contributed by atoms with Crippen molar-refractivity contribution < 1.29 is 4.79 Å². The minimum absolute atomic E-state index is 0.0749. The summed E-state index contributed by atoms with van der Waals surface area (Å²) in [6.07, 6.45) is 3.48. The predicted octanol–water partition coefficient (Wildman–Crippen LogP) is 2.02. The fourth-order valence-corrected chi connectivity index (χ4v) is 3.92. The number of nitrogens with two attached hydrogens (primary N) is 1. The lowest BCUT2D eigenvalue weighted by Crippen LogP contribution is -2.33. The zero-order valence-corrected chi connectivity index (χ0v) is 11.3. The van der Waals surface area contributed by atoms with E-state index in [9.17, 15) is 4.79 Å². The van der Waals surface area contributed by atoms with Gasteiger partial charge in [0.2, 0.25) is 5.91 Å². The van der Waals surface area contributed by atoms with Gasteiger partial charge in [0, 0.05) is 19.0 Å². The van der Waals surface area contributed by atoms with Crippen LogP contribution in [0.5, 0.6) is 0 Å². The van der Waals surface area contributed by atoms with Crippen LogP contribution in [0, 0.1) is 17.8 Å². The first-order chi connectivity index (χ1) is 9.24. The molecule has 19 heavy (non-hydrogen) atoms. The highest BCUT2D eigenvalue weighted by atomic mass is 16.1. The molecule has 2 N–H and O–H groups in total. The summed E-state index contributed by atoms with van der Waals surface area (Å²) in [6, 6.07) is 10.6. The SMILES string of the molecule is NC(=O)C1C2CCC1CN(Cc1ccccc1)CC2. The number of likely N-dealkylation sites (tertiary alicyclic amines) is 1. The Hall–Kier alpha value is -1.35. The Morgan fingerprint density at radius 1 is 1.16 bits per heavy atom. The van der Waals surface area contributed by atoms with E-state index in [4.69, 9.17) is 5.73 Å². The van der Waals surface area contributed by atoms with Crippen LogP contribution in [0.4, 0.5) is 0 Å². The first kappa shape index (κ1) is 12.7. The van der Waals surface area contributed by atoms with Crippen molar-refractivity contribution >= 4 is 5.91 Å². The van der Waals surface area contributed by atoms with E-state index < -0.39 is 0 Å². The number of carbonyl (C=O) groups excluding carboxylic acids is 1. The van der Waals surface area contributed by atoms with Gasteiger partial charge in [-0.3, -0.25) is 9.69 Å². The van der Waals surface area contributed by atoms with Gasteiger partial charge in [-0.1, -0.05) is 30.3 Å². The molecule has 1 heterocycles. The molecule has 1 aromatic rings. The smallest absolute Gasteiger partial charge is 0.221 e. The molecule has 0 aromatic heterocycles. The molecule has 0 radical (unpaired) electrons. The van der Waals surface area contributed by atoms with Crippen molar-refractivity contribution in [3.05, 3.63) is 35.9 Å². The van der Waals surface area contributed by atoms with Crippen LogP contribution in [0.25, 0.3) is 0 Å². The zero-order chi connectivity index (χ0) is 13.2. The molecule has 3 nitrogen and oxygen atoms in total. The quantitative estimate of drug-likeness (QED) is 0.901. The molecule has 0 spiro atoms. The van der Waals surface area contributed by atoms with Crippen molar-refractivity contribution in [2.75, 3.05) is 13.1 Å². The van der Waals surface area contributed by atoms with Crippen molar-refractivity contribution in [2.24, 2.45) is 23.5 Å². The third-order valence-corrected chi connectivity index (χ3v) is 4.81. The van der Waals surface area contributed by atoms with Crippen molar-refractivity contribution in [1.82, 2.24) is 4.90 Å². The summed E-state index contributed by atoms with van der Waals surface area (Å²) in [7, 11) is 0. The number of hydrogen-bond donors (Lipinski definition) is 1. The van der Waals surface area contributed by atoms with Gasteiger partial charge in [-0.2, -0.15) is 0 Å². The van der Waals surface area contributed by atoms with Crippen LogP contribution < -0.4 is 5.73 Å². The monoisotopic (exact) mass is 258 g/mol. The molecule has 2 fully saturated rings. The molecule has 1 amide bonds. The van der Waals surface area contributed by atoms with Gasteiger partial charge in [0.15, 0.2) is 0 Å². The van der Waals surface area contributed by atoms with E-state index in [2.05, 4.69) is 35.2 Å². The van der Waals surface area contributed by atoms with Gasteiger partial charge >= 0.3 is 0 Å². The molecule has 1 aliphatic heterocycles. The Bertz CT molecular complexity index is 445. The Kier molecular flexibility index (Phi) is 3.56. The number of amides is 1. The lowest BCUT2D eigenvalue weighted by atomic mass is 9.88. The number of carbonyl (C=O) groups is 1. The number of fused-ring (bicyclic) bond motifs is 2. The van der Waals surface area contributed by atoms with E-state index in [0.717, 1.165) is 26.1 Å². The van der Waals surface area contributed by atoms with Crippen LogP contribution in [0.2, 0.25) is 0 Å². The molecule has 3 heteroatoms. The summed E-state index contributed by atoms with van der Waals surface area (Å²) in [5.74, 6) is 1.06. The van der Waals surface area contributed by atoms with Gasteiger partial charge < -0.3 is 5.73 Å². The summed E-state index contributed by atoms with van der Waals surface area (Å²) in [6.45, 7) is 3.12. The number of hydrogen-bond acceptors (Lipinski definition) is 2. The maximum atomic E-state index is 11.6. The van der Waals surface area contributed by atoms with Gasteiger partial charge in [0.05, 0.1) is 0 Å². The third-order valence-electron chi connectivity index (χ3n) is 4.81. The molecule has 3 atom stereocenters. The van der Waals surface area contributed by atoms with Gasteiger partial charge in [0.25, 0.3) is 0 Å². The summed E-state index contributed by atoms with van der Waals surface area (Å²) >= 11 is 0. The first-order valence-electron chi connectivity index (χ1n) is 7.29. The second-order valence-corrected chi connectivity index (χ2v) is 6.04. The molecule has 1 saturated heterocycles. The lowest BCUT2D eigenvalue weighted by molar-refractivity contribution is -0.124. The molecule has 3 rings (SSSR count). The van der Waals surface area contributed by atoms with E-state index in [-0.39, 0.29) is 11.8 Å². The maximum absolute atomic E-state index is 11.6. The van der Waals surface area contributed by atoms with Crippen LogP contribution in [-0.2, 0) is 11.3 Å². The van der Waals surface area contributed by atoms with E-state index in [1.165, 1.54) is 18.4 Å². The molecular weight excluding hydrogens is 236 g/mol. The lowest BCUT2D eigenvalue weighted by Gasteiger charge is -2.25. The van der Waals surface area contributed by atoms with Gasteiger partial charge in [0.1, 0.15) is 0 Å². The Morgan fingerprint density at radius 3 is 2.63 bits per heavy atom. The summed E-state index contributed by atoms with van der Waals surface area (Å²) < 4.78 is 0. The second-order valence-electron chi connectivity index (χ2n) is 6.04. The van der Waals surface area contributed by atoms with Gasteiger partial charge in [-0.25, -0.2) is 0 Å². The van der Waals surface area contributed by atoms with Crippen LogP contribution >= 0.6 is 0 Å². The largest absolute Gasteiger partial charge is 0.369 e. The number of rotatable bonds is 3. The highest BCUT2D eigenvalue weighted by Crippen LogP contribution is 2.41. The maximum Gasteiger partial charge on any atom is 0.221 e. The number of benzene rings is 1. The fraction of sp³-hybridized carbons (Fsp3) is 0.562. The van der Waals surface area contributed by atoms with Crippen molar-refractivity contribution in [3.63, 3.8) is 0 Å². The average Bonchev–Trinajstić information content (AvgIpc) is 2.69. The van der Waals surface area contributed by atoms with Crippen LogP contribution in [-0.4, -0.2) is 23.9 Å². The molecule has 1 aromatic carbocycles. The second kappa shape index (κ2) is 5.33. The van der Waals surface area contributed by atoms with E-state index in [0.29, 0.717) is 11.8 Å². The Balaban J connectivity index is 1.69. The first-order valence-corrected chi connectivity index (χ1v) is 7.29. The standard InChI is InChI=1S/C16H22N2O/c17-16(19)15-13-6-7-14(15)11-18(9-8-13)10-12-4-2-1-3-5-12/h1-5,13-15H,6-11H2,(H2,17,19). The molecule has 2 aliphatic rings. The van der Waals surface area contributed by atoms with Crippen molar-refractivity contribution in [1.29, 1.82) is 0 Å². The van der Waals surface area contributed by atoms with Crippen molar-refractivity contribution in [3.8, 4) is 0 Å². The highest BCUT2D eigenvalue weighted by Gasteiger charge is 2.42. The highest BCUT2D eigenvalue weighted by molar-refractivity contribution is 5.77. The number of nitrogens with zero attached hydrogens (tertiary/aromatic N) is 1. The minimum Gasteiger partial charge on any atom is -0.369 e. The van der Waals surface area contributed by atoms with Gasteiger partial charge in [-0.05, 0) is 43.2 Å². The van der Waals surface area contributed by atoms with Crippen LogP contribution in [0.15, 0.2) is 30.3 Å². The molecule has 1 saturated carbocycles. The van der Waals surface area contributed by atoms with Crippen molar-refractivity contribution in [2.45, 2.75) is 25.8 Å². The van der Waals surface area contributed by atoms with Crippen LogP contribution in [0.3, 0.4) is 0 Å². The van der Waals surface area contributed by atoms with Crippen LogP contribution in [0.1, 0.15) is 24.8 Å². The average molecular weight is 258 g/mol.